The van der Waals surface area contributed by atoms with Gasteiger partial charge in [-0.25, -0.2) is 0 Å². The highest BCUT2D eigenvalue weighted by molar-refractivity contribution is 14.0. The maximum Gasteiger partial charge on any atom is 0.190 e. The van der Waals surface area contributed by atoms with Crippen molar-refractivity contribution in [2.24, 2.45) is 4.99 Å². The second-order valence-corrected chi connectivity index (χ2v) is 5.07. The summed E-state index contributed by atoms with van der Waals surface area (Å²) in [5.41, 5.74) is 2.65. The van der Waals surface area contributed by atoms with Crippen molar-refractivity contribution in [2.75, 3.05) is 33.4 Å². The summed E-state index contributed by atoms with van der Waals surface area (Å²) in [6, 6.07) is 8.67. The number of rotatable bonds is 9. The lowest BCUT2D eigenvalue weighted by atomic mass is 10.1. The van der Waals surface area contributed by atoms with Crippen molar-refractivity contribution >= 4 is 29.9 Å². The van der Waals surface area contributed by atoms with Gasteiger partial charge in [0.2, 0.25) is 0 Å². The number of hydrogen-bond acceptors (Lipinski definition) is 2. The summed E-state index contributed by atoms with van der Waals surface area (Å²) in [6.45, 7) is 7.60. The van der Waals surface area contributed by atoms with Crippen LogP contribution < -0.4 is 10.6 Å². The molecule has 0 aliphatic rings. The van der Waals surface area contributed by atoms with Crippen LogP contribution >= 0.6 is 24.0 Å². The first kappa shape index (κ1) is 21.2. The van der Waals surface area contributed by atoms with E-state index in [1.165, 1.54) is 11.1 Å². The summed E-state index contributed by atoms with van der Waals surface area (Å²) in [7, 11) is 1.81. The smallest absolute Gasteiger partial charge is 0.190 e. The summed E-state index contributed by atoms with van der Waals surface area (Å²) >= 11 is 0. The first-order chi connectivity index (χ1) is 10.3. The Balaban J connectivity index is 0.00000441. The van der Waals surface area contributed by atoms with Gasteiger partial charge >= 0.3 is 0 Å². The van der Waals surface area contributed by atoms with Crippen LogP contribution in [0.15, 0.2) is 29.3 Å². The third-order valence-corrected chi connectivity index (χ3v) is 3.26. The molecule has 0 amide bonds. The lowest BCUT2D eigenvalue weighted by Gasteiger charge is -2.12. The maximum atomic E-state index is 5.32. The predicted molar refractivity (Wildman–Crippen MR) is 105 cm³/mol. The molecule has 4 nitrogen and oxygen atoms in total. The Labute approximate surface area is 152 Å². The van der Waals surface area contributed by atoms with E-state index in [0.29, 0.717) is 0 Å². The molecule has 0 atom stereocenters. The fourth-order valence-corrected chi connectivity index (χ4v) is 1.98. The monoisotopic (exact) mass is 419 g/mol. The first-order valence-electron chi connectivity index (χ1n) is 7.84. The second-order valence-electron chi connectivity index (χ2n) is 5.07. The summed E-state index contributed by atoms with van der Waals surface area (Å²) in [4.78, 5) is 4.23. The molecule has 126 valence electrons. The van der Waals surface area contributed by atoms with Crippen molar-refractivity contribution < 1.29 is 4.74 Å². The molecule has 0 bridgehead atoms. The Morgan fingerprint density at radius 2 is 1.77 bits per heavy atom. The summed E-state index contributed by atoms with van der Waals surface area (Å²) < 4.78 is 5.32. The van der Waals surface area contributed by atoms with Crippen molar-refractivity contribution in [3.63, 3.8) is 0 Å². The van der Waals surface area contributed by atoms with Gasteiger partial charge in [0.25, 0.3) is 0 Å². The van der Waals surface area contributed by atoms with E-state index in [0.717, 1.165) is 51.5 Å². The molecule has 0 aliphatic heterocycles. The molecule has 0 fully saturated rings. The van der Waals surface area contributed by atoms with E-state index in [4.69, 9.17) is 4.74 Å². The van der Waals surface area contributed by atoms with Crippen LogP contribution in [0, 0.1) is 6.92 Å². The largest absolute Gasteiger partial charge is 0.382 e. The normalized spacial score (nSPS) is 11.0. The second kappa shape index (κ2) is 13.8. The van der Waals surface area contributed by atoms with Crippen molar-refractivity contribution in [1.29, 1.82) is 0 Å². The lowest BCUT2D eigenvalue weighted by molar-refractivity contribution is 0.143. The van der Waals surface area contributed by atoms with Crippen LogP contribution in [0.1, 0.15) is 30.9 Å². The molecule has 0 aliphatic carbocycles. The fourth-order valence-electron chi connectivity index (χ4n) is 1.98. The molecule has 22 heavy (non-hydrogen) atoms. The van der Waals surface area contributed by atoms with Gasteiger partial charge in [0.15, 0.2) is 5.96 Å². The van der Waals surface area contributed by atoms with E-state index < -0.39 is 0 Å². The van der Waals surface area contributed by atoms with Gasteiger partial charge in [-0.3, -0.25) is 4.99 Å². The maximum absolute atomic E-state index is 5.32. The van der Waals surface area contributed by atoms with Gasteiger partial charge in [-0.15, -0.1) is 24.0 Å². The average Bonchev–Trinajstić information content (AvgIpc) is 2.50. The molecule has 1 aromatic rings. The number of benzene rings is 1. The van der Waals surface area contributed by atoms with E-state index in [9.17, 15) is 0 Å². The zero-order chi connectivity index (χ0) is 15.3. The fraction of sp³-hybridized carbons (Fsp3) is 0.588. The highest BCUT2D eigenvalue weighted by Gasteiger charge is 1.98. The summed E-state index contributed by atoms with van der Waals surface area (Å²) in [5.74, 6) is 0.874. The molecule has 0 saturated carbocycles. The summed E-state index contributed by atoms with van der Waals surface area (Å²) in [5, 5.41) is 6.67. The molecule has 0 unspecified atom stereocenters. The standard InChI is InChI=1S/C17H29N3O.HI/c1-4-21-14-6-5-12-19-17(18-3)20-13-11-16-9-7-15(2)8-10-16;/h7-10H,4-6,11-14H2,1-3H3,(H2,18,19,20);1H. The Kier molecular flexibility index (Phi) is 13.3. The molecule has 1 aromatic carbocycles. The third kappa shape index (κ3) is 10.00. The zero-order valence-electron chi connectivity index (χ0n) is 14.0. The van der Waals surface area contributed by atoms with Gasteiger partial charge in [-0.1, -0.05) is 29.8 Å². The molecule has 2 N–H and O–H groups in total. The Hall–Kier alpha value is -0.820. The zero-order valence-corrected chi connectivity index (χ0v) is 16.4. The molecule has 1 rings (SSSR count). The number of aliphatic imine (C=N–C) groups is 1. The molecule has 0 saturated heterocycles. The van der Waals surface area contributed by atoms with Crippen molar-refractivity contribution in [3.8, 4) is 0 Å². The Bertz CT molecular complexity index is 407. The van der Waals surface area contributed by atoms with E-state index in [1.54, 1.807) is 7.05 Å². The number of unbranched alkanes of at least 4 members (excludes halogenated alkanes) is 1. The molecule has 0 heterocycles. The van der Waals surface area contributed by atoms with Crippen LogP contribution in [0.4, 0.5) is 0 Å². The Morgan fingerprint density at radius 1 is 1.09 bits per heavy atom. The number of hydrogen-bond donors (Lipinski definition) is 2. The minimum Gasteiger partial charge on any atom is -0.382 e. The van der Waals surface area contributed by atoms with E-state index >= 15 is 0 Å². The molecule has 0 aromatic heterocycles. The van der Waals surface area contributed by atoms with Crippen LogP contribution in [0.3, 0.4) is 0 Å². The van der Waals surface area contributed by atoms with Gasteiger partial charge < -0.3 is 15.4 Å². The van der Waals surface area contributed by atoms with Gasteiger partial charge in [-0.2, -0.15) is 0 Å². The van der Waals surface area contributed by atoms with Crippen LogP contribution in [0.2, 0.25) is 0 Å². The number of nitrogens with one attached hydrogen (secondary N) is 2. The van der Waals surface area contributed by atoms with Crippen LogP contribution in [-0.4, -0.2) is 39.3 Å². The predicted octanol–water partition coefficient (Wildman–Crippen LogP) is 3.14. The van der Waals surface area contributed by atoms with Gasteiger partial charge in [0.1, 0.15) is 0 Å². The van der Waals surface area contributed by atoms with E-state index in [-0.39, 0.29) is 24.0 Å². The minimum atomic E-state index is 0. The molecular formula is C17H30IN3O. The summed E-state index contributed by atoms with van der Waals surface area (Å²) in [6.07, 6.45) is 3.19. The highest BCUT2D eigenvalue weighted by Crippen LogP contribution is 2.02. The number of guanidine groups is 1. The van der Waals surface area contributed by atoms with Crippen LogP contribution in [-0.2, 0) is 11.2 Å². The van der Waals surface area contributed by atoms with Crippen molar-refractivity contribution in [3.05, 3.63) is 35.4 Å². The van der Waals surface area contributed by atoms with E-state index in [1.807, 2.05) is 6.92 Å². The molecule has 0 spiro atoms. The first-order valence-corrected chi connectivity index (χ1v) is 7.84. The van der Waals surface area contributed by atoms with Crippen LogP contribution in [0.25, 0.3) is 0 Å². The molecule has 0 radical (unpaired) electrons. The van der Waals surface area contributed by atoms with Crippen LogP contribution in [0.5, 0.6) is 0 Å². The molecule has 5 heteroatoms. The van der Waals surface area contributed by atoms with Crippen molar-refractivity contribution in [1.82, 2.24) is 10.6 Å². The number of aryl methyl sites for hydroxylation is 1. The van der Waals surface area contributed by atoms with Crippen molar-refractivity contribution in [2.45, 2.75) is 33.1 Å². The van der Waals surface area contributed by atoms with E-state index in [2.05, 4.69) is 46.8 Å². The third-order valence-electron chi connectivity index (χ3n) is 3.26. The number of ether oxygens (including phenoxy) is 1. The average molecular weight is 419 g/mol. The quantitative estimate of drug-likeness (QED) is 0.280. The van der Waals surface area contributed by atoms with Gasteiger partial charge in [0, 0.05) is 33.4 Å². The highest BCUT2D eigenvalue weighted by atomic mass is 127. The number of halogens is 1. The molecular weight excluding hydrogens is 389 g/mol. The minimum absolute atomic E-state index is 0. The Morgan fingerprint density at radius 3 is 2.41 bits per heavy atom. The number of nitrogens with zero attached hydrogens (tertiary/aromatic N) is 1. The topological polar surface area (TPSA) is 45.6 Å². The SMILES string of the molecule is CCOCCCCNC(=NC)NCCc1ccc(C)cc1.I. The van der Waals surface area contributed by atoms with Gasteiger partial charge in [-0.05, 0) is 38.7 Å². The van der Waals surface area contributed by atoms with Gasteiger partial charge in [0.05, 0.1) is 0 Å². The lowest BCUT2D eigenvalue weighted by Crippen LogP contribution is -2.38.